The van der Waals surface area contributed by atoms with E-state index >= 15 is 0 Å². The molecule has 0 saturated carbocycles. The minimum atomic E-state index is -0.166. The predicted molar refractivity (Wildman–Crippen MR) is 136 cm³/mol. The predicted octanol–water partition coefficient (Wildman–Crippen LogP) is 4.13. The van der Waals surface area contributed by atoms with Crippen LogP contribution in [0.2, 0.25) is 5.02 Å². The van der Waals surface area contributed by atoms with Crippen molar-refractivity contribution in [3.63, 3.8) is 0 Å². The van der Waals surface area contributed by atoms with Crippen molar-refractivity contribution in [2.75, 3.05) is 36.8 Å². The van der Waals surface area contributed by atoms with Gasteiger partial charge in [0.15, 0.2) is 0 Å². The van der Waals surface area contributed by atoms with Gasteiger partial charge in [-0.2, -0.15) is 5.10 Å². The first-order chi connectivity index (χ1) is 16.5. The molecule has 1 aliphatic rings. The normalized spacial score (nSPS) is 14.5. The lowest BCUT2D eigenvalue weighted by atomic mass is 10.0. The molecule has 0 bridgehead atoms. The lowest BCUT2D eigenvalue weighted by Crippen LogP contribution is -3.13. The second-order valence-electron chi connectivity index (χ2n) is 8.78. The molecule has 0 atom stereocenters. The van der Waals surface area contributed by atoms with E-state index < -0.39 is 0 Å². The Morgan fingerprint density at radius 1 is 1.00 bits per heavy atom. The van der Waals surface area contributed by atoms with Gasteiger partial charge in [-0.3, -0.25) is 0 Å². The van der Waals surface area contributed by atoms with Gasteiger partial charge in [0.1, 0.15) is 23.9 Å². The number of piperazine rings is 1. The van der Waals surface area contributed by atoms with Crippen molar-refractivity contribution in [1.82, 2.24) is 9.78 Å². The molecule has 5 rings (SSSR count). The fourth-order valence-corrected chi connectivity index (χ4v) is 4.79. The molecule has 1 aliphatic heterocycles. The van der Waals surface area contributed by atoms with Crippen molar-refractivity contribution >= 4 is 23.1 Å². The van der Waals surface area contributed by atoms with Crippen LogP contribution in [-0.4, -0.2) is 36.0 Å². The van der Waals surface area contributed by atoms with E-state index in [1.807, 2.05) is 55.5 Å². The number of hydrogen-bond acceptors (Lipinski definition) is 3. The van der Waals surface area contributed by atoms with Gasteiger partial charge in [0, 0.05) is 5.02 Å². The summed E-state index contributed by atoms with van der Waals surface area (Å²) in [6, 6.07) is 23.0. The third-order valence-electron chi connectivity index (χ3n) is 6.54. The van der Waals surface area contributed by atoms with Crippen LogP contribution in [0, 0.1) is 12.7 Å². The summed E-state index contributed by atoms with van der Waals surface area (Å²) in [6.45, 7) is 6.09. The van der Waals surface area contributed by atoms with Gasteiger partial charge >= 0.3 is 0 Å². The molecule has 174 valence electrons. The van der Waals surface area contributed by atoms with E-state index in [0.717, 1.165) is 60.8 Å². The van der Waals surface area contributed by atoms with Gasteiger partial charge in [-0.05, 0) is 42.3 Å². The molecule has 2 heterocycles. The topological polar surface area (TPSA) is 51.5 Å². The van der Waals surface area contributed by atoms with E-state index in [4.69, 9.17) is 22.4 Å². The van der Waals surface area contributed by atoms with Crippen LogP contribution < -0.4 is 15.5 Å². The molecule has 5 nitrogen and oxygen atoms in total. The van der Waals surface area contributed by atoms with Crippen molar-refractivity contribution < 1.29 is 9.29 Å². The Bertz CT molecular complexity index is 1300. The van der Waals surface area contributed by atoms with Crippen LogP contribution >= 0.6 is 11.6 Å². The van der Waals surface area contributed by atoms with Crippen molar-refractivity contribution in [2.24, 2.45) is 0 Å². The zero-order valence-electron chi connectivity index (χ0n) is 19.1. The quantitative estimate of drug-likeness (QED) is 0.455. The number of para-hydroxylation sites is 1. The van der Waals surface area contributed by atoms with Crippen molar-refractivity contribution in [1.29, 1.82) is 0 Å². The molecular formula is C27H28ClFN5+. The van der Waals surface area contributed by atoms with Crippen molar-refractivity contribution in [3.8, 4) is 16.8 Å². The summed E-state index contributed by atoms with van der Waals surface area (Å²) in [6.07, 6.45) is 0. The molecule has 4 aromatic rings. The summed E-state index contributed by atoms with van der Waals surface area (Å²) in [5.41, 5.74) is 12.2. The average Bonchev–Trinajstić information content (AvgIpc) is 3.18. The fourth-order valence-electron chi connectivity index (χ4n) is 4.62. The number of nitrogens with two attached hydrogens (primary N) is 1. The summed E-state index contributed by atoms with van der Waals surface area (Å²) < 4.78 is 16.0. The summed E-state index contributed by atoms with van der Waals surface area (Å²) >= 11 is 6.39. The van der Waals surface area contributed by atoms with E-state index in [2.05, 4.69) is 17.0 Å². The number of aryl methyl sites for hydroxylation is 1. The Balaban J connectivity index is 1.43. The summed E-state index contributed by atoms with van der Waals surface area (Å²) in [5.74, 6) is 0.436. The number of hydrogen-bond donors (Lipinski definition) is 2. The third-order valence-corrected chi connectivity index (χ3v) is 6.94. The number of quaternary nitrogens is 1. The van der Waals surface area contributed by atoms with Crippen LogP contribution in [0.3, 0.4) is 0 Å². The summed E-state index contributed by atoms with van der Waals surface area (Å²) in [7, 11) is 0. The maximum Gasteiger partial charge on any atom is 0.146 e. The van der Waals surface area contributed by atoms with Crippen LogP contribution in [0.4, 0.5) is 15.9 Å². The number of nitrogen functional groups attached to an aromatic ring is 1. The van der Waals surface area contributed by atoms with Crippen molar-refractivity contribution in [3.05, 3.63) is 94.9 Å². The first-order valence-electron chi connectivity index (χ1n) is 11.5. The van der Waals surface area contributed by atoms with Gasteiger partial charge in [0.05, 0.1) is 43.1 Å². The SMILES string of the molecule is Cc1ccc(-n2nc(C[NH+]3CCN(c4ccccc4F)CC3)c(-c3ccccc3)c2N)cc1Cl. The molecule has 34 heavy (non-hydrogen) atoms. The number of anilines is 2. The van der Waals surface area contributed by atoms with Crippen LogP contribution in [0.15, 0.2) is 72.8 Å². The molecule has 0 aliphatic carbocycles. The first kappa shape index (κ1) is 22.4. The minimum absolute atomic E-state index is 0.166. The third kappa shape index (κ3) is 4.39. The molecule has 0 spiro atoms. The van der Waals surface area contributed by atoms with Crippen LogP contribution in [0.5, 0.6) is 0 Å². The number of nitrogens with one attached hydrogen (secondary N) is 1. The van der Waals surface area contributed by atoms with E-state index in [0.29, 0.717) is 16.5 Å². The lowest BCUT2D eigenvalue weighted by molar-refractivity contribution is -0.914. The number of nitrogens with zero attached hydrogens (tertiary/aromatic N) is 3. The standard InChI is InChI=1S/C27H27ClFN5/c1-19-11-12-21(17-22(19)28)34-27(30)26(20-7-3-2-4-8-20)24(31-34)18-32-13-15-33(16-14-32)25-10-6-5-9-23(25)29/h2-12,17H,13-16,18,30H2,1H3/p+1. The highest BCUT2D eigenvalue weighted by molar-refractivity contribution is 6.31. The molecule has 0 amide bonds. The lowest BCUT2D eigenvalue weighted by Gasteiger charge is -2.33. The maximum atomic E-state index is 14.2. The smallest absolute Gasteiger partial charge is 0.146 e. The highest BCUT2D eigenvalue weighted by Crippen LogP contribution is 2.32. The number of aromatic nitrogens is 2. The molecule has 3 aromatic carbocycles. The Hall–Kier alpha value is -3.35. The van der Waals surface area contributed by atoms with E-state index in [9.17, 15) is 4.39 Å². The Morgan fingerprint density at radius 2 is 1.71 bits per heavy atom. The van der Waals surface area contributed by atoms with Gasteiger partial charge in [0.2, 0.25) is 0 Å². The number of benzene rings is 3. The Morgan fingerprint density at radius 3 is 2.41 bits per heavy atom. The largest absolute Gasteiger partial charge is 0.383 e. The second kappa shape index (κ2) is 9.49. The Labute approximate surface area is 204 Å². The van der Waals surface area contributed by atoms with Gasteiger partial charge < -0.3 is 15.5 Å². The van der Waals surface area contributed by atoms with E-state index in [1.54, 1.807) is 10.7 Å². The van der Waals surface area contributed by atoms with E-state index in [-0.39, 0.29) is 5.82 Å². The molecule has 1 saturated heterocycles. The molecule has 1 fully saturated rings. The number of halogens is 2. The monoisotopic (exact) mass is 476 g/mol. The van der Waals surface area contributed by atoms with Gasteiger partial charge in [-0.1, -0.05) is 60.1 Å². The van der Waals surface area contributed by atoms with Gasteiger partial charge in [-0.15, -0.1) is 0 Å². The summed E-state index contributed by atoms with van der Waals surface area (Å²) in [4.78, 5) is 3.52. The average molecular weight is 477 g/mol. The fraction of sp³-hybridized carbons (Fsp3) is 0.222. The minimum Gasteiger partial charge on any atom is -0.383 e. The van der Waals surface area contributed by atoms with Crippen molar-refractivity contribution in [2.45, 2.75) is 13.5 Å². The highest BCUT2D eigenvalue weighted by atomic mass is 35.5. The van der Waals surface area contributed by atoms with Crippen LogP contribution in [0.25, 0.3) is 16.8 Å². The van der Waals surface area contributed by atoms with Crippen LogP contribution in [-0.2, 0) is 6.54 Å². The van der Waals surface area contributed by atoms with Gasteiger partial charge in [0.25, 0.3) is 0 Å². The molecule has 3 N–H and O–H groups in total. The Kier molecular flexibility index (Phi) is 6.26. The highest BCUT2D eigenvalue weighted by Gasteiger charge is 2.26. The summed E-state index contributed by atoms with van der Waals surface area (Å²) in [5, 5.41) is 5.64. The molecule has 0 unspecified atom stereocenters. The van der Waals surface area contributed by atoms with Gasteiger partial charge in [-0.25, -0.2) is 9.07 Å². The molecular weight excluding hydrogens is 449 g/mol. The number of rotatable bonds is 5. The molecule has 7 heteroatoms. The van der Waals surface area contributed by atoms with E-state index in [1.165, 1.54) is 11.0 Å². The zero-order valence-corrected chi connectivity index (χ0v) is 19.9. The second-order valence-corrected chi connectivity index (χ2v) is 9.19. The molecule has 1 aromatic heterocycles. The van der Waals surface area contributed by atoms with Crippen LogP contribution in [0.1, 0.15) is 11.3 Å². The zero-order chi connectivity index (χ0) is 23.7. The molecule has 0 radical (unpaired) electrons. The maximum absolute atomic E-state index is 14.2. The first-order valence-corrected chi connectivity index (χ1v) is 11.9.